The molecule has 1 heterocycles. The fourth-order valence-corrected chi connectivity index (χ4v) is 4.67. The molecular formula is C26H18Cl2N2O5. The van der Waals surface area contributed by atoms with Crippen LogP contribution < -0.4 is 14.4 Å². The minimum absolute atomic E-state index is 0.122. The summed E-state index contributed by atoms with van der Waals surface area (Å²) in [5, 5.41) is 20.7. The van der Waals surface area contributed by atoms with Crippen molar-refractivity contribution in [3.05, 3.63) is 93.0 Å². The maximum absolute atomic E-state index is 13.3. The van der Waals surface area contributed by atoms with Crippen LogP contribution in [0.1, 0.15) is 22.7 Å². The minimum atomic E-state index is -1.03. The zero-order valence-electron chi connectivity index (χ0n) is 18.6. The summed E-state index contributed by atoms with van der Waals surface area (Å²) in [6, 6.07) is 16.9. The number of para-hydroxylation sites is 1. The fourth-order valence-electron chi connectivity index (χ4n) is 4.03. The quantitative estimate of drug-likeness (QED) is 0.277. The van der Waals surface area contributed by atoms with Crippen LogP contribution >= 0.6 is 23.2 Å². The number of carbonyl (C=O) groups is 2. The molecule has 0 radical (unpaired) electrons. The molecule has 1 fully saturated rings. The molecule has 35 heavy (non-hydrogen) atoms. The van der Waals surface area contributed by atoms with Crippen molar-refractivity contribution in [3.8, 4) is 17.6 Å². The topological polar surface area (TPSA) is 99.9 Å². The number of halogens is 2. The van der Waals surface area contributed by atoms with Gasteiger partial charge in [0.15, 0.2) is 5.75 Å². The van der Waals surface area contributed by atoms with Crippen LogP contribution in [0.5, 0.6) is 11.5 Å². The third-order valence-electron chi connectivity index (χ3n) is 5.63. The zero-order valence-corrected chi connectivity index (χ0v) is 20.1. The van der Waals surface area contributed by atoms with Gasteiger partial charge in [-0.3, -0.25) is 14.5 Å². The van der Waals surface area contributed by atoms with E-state index in [0.29, 0.717) is 22.6 Å². The van der Waals surface area contributed by atoms with Crippen LogP contribution in [0.2, 0.25) is 10.0 Å². The molecule has 0 bridgehead atoms. The molecular weight excluding hydrogens is 491 g/mol. The molecule has 0 saturated carbocycles. The summed E-state index contributed by atoms with van der Waals surface area (Å²) in [4.78, 5) is 27.9. The summed E-state index contributed by atoms with van der Waals surface area (Å²) < 4.78 is 10.7. The monoisotopic (exact) mass is 508 g/mol. The molecule has 1 unspecified atom stereocenters. The number of ketones is 1. The van der Waals surface area contributed by atoms with Crippen molar-refractivity contribution in [3.63, 3.8) is 0 Å². The maximum Gasteiger partial charge on any atom is 0.300 e. The van der Waals surface area contributed by atoms with Crippen molar-refractivity contribution in [2.75, 3.05) is 19.1 Å². The van der Waals surface area contributed by atoms with E-state index in [2.05, 4.69) is 0 Å². The number of nitrogens with zero attached hydrogens (tertiary/aromatic N) is 2. The Kier molecular flexibility index (Phi) is 6.70. The smallest absolute Gasteiger partial charge is 0.300 e. The molecule has 1 aliphatic rings. The van der Waals surface area contributed by atoms with Crippen LogP contribution in [-0.4, -0.2) is 31.0 Å². The van der Waals surface area contributed by atoms with Gasteiger partial charge in [-0.15, -0.1) is 0 Å². The second-order valence-electron chi connectivity index (χ2n) is 7.54. The van der Waals surface area contributed by atoms with E-state index in [1.807, 2.05) is 6.07 Å². The van der Waals surface area contributed by atoms with E-state index in [0.717, 1.165) is 0 Å². The maximum atomic E-state index is 13.3. The van der Waals surface area contributed by atoms with E-state index in [1.54, 1.807) is 36.4 Å². The lowest BCUT2D eigenvalue weighted by Crippen LogP contribution is -2.29. The van der Waals surface area contributed by atoms with Crippen molar-refractivity contribution in [1.29, 1.82) is 5.26 Å². The lowest BCUT2D eigenvalue weighted by molar-refractivity contribution is -0.132. The highest BCUT2D eigenvalue weighted by atomic mass is 35.5. The predicted octanol–water partition coefficient (Wildman–Crippen LogP) is 5.51. The van der Waals surface area contributed by atoms with E-state index in [1.165, 1.54) is 43.4 Å². The van der Waals surface area contributed by atoms with E-state index in [4.69, 9.17) is 37.9 Å². The first kappa shape index (κ1) is 24.1. The number of methoxy groups -OCH3 is 2. The first-order valence-electron chi connectivity index (χ1n) is 10.3. The number of rotatable bonds is 5. The Labute approximate surface area is 211 Å². The Balaban J connectivity index is 1.99. The Morgan fingerprint density at radius 2 is 1.63 bits per heavy atom. The van der Waals surface area contributed by atoms with Gasteiger partial charge in [-0.1, -0.05) is 41.4 Å². The minimum Gasteiger partial charge on any atom is -0.507 e. The van der Waals surface area contributed by atoms with Crippen molar-refractivity contribution < 1.29 is 24.2 Å². The summed E-state index contributed by atoms with van der Waals surface area (Å²) >= 11 is 12.5. The number of hydrogen-bond acceptors (Lipinski definition) is 6. The number of aliphatic hydroxyl groups excluding tert-OH is 1. The van der Waals surface area contributed by atoms with Gasteiger partial charge in [0.05, 0.1) is 47.5 Å². The van der Waals surface area contributed by atoms with E-state index >= 15 is 0 Å². The number of benzene rings is 3. The van der Waals surface area contributed by atoms with Gasteiger partial charge in [0.2, 0.25) is 0 Å². The van der Waals surface area contributed by atoms with Crippen LogP contribution in [0.4, 0.5) is 5.69 Å². The Morgan fingerprint density at radius 3 is 2.20 bits per heavy atom. The van der Waals surface area contributed by atoms with Crippen molar-refractivity contribution in [1.82, 2.24) is 0 Å². The van der Waals surface area contributed by atoms with Gasteiger partial charge in [0.1, 0.15) is 11.5 Å². The number of anilines is 1. The van der Waals surface area contributed by atoms with Crippen LogP contribution in [-0.2, 0) is 9.59 Å². The molecule has 4 rings (SSSR count). The first-order valence-corrected chi connectivity index (χ1v) is 11.1. The van der Waals surface area contributed by atoms with E-state index in [-0.39, 0.29) is 26.9 Å². The van der Waals surface area contributed by atoms with E-state index < -0.39 is 23.5 Å². The van der Waals surface area contributed by atoms with Crippen molar-refractivity contribution in [2.45, 2.75) is 6.04 Å². The second kappa shape index (κ2) is 9.71. The average molecular weight is 509 g/mol. The second-order valence-corrected chi connectivity index (χ2v) is 8.36. The van der Waals surface area contributed by atoms with Gasteiger partial charge < -0.3 is 14.6 Å². The Morgan fingerprint density at radius 1 is 1.00 bits per heavy atom. The van der Waals surface area contributed by atoms with Crippen molar-refractivity contribution >= 4 is 46.3 Å². The van der Waals surface area contributed by atoms with Gasteiger partial charge in [0, 0.05) is 16.8 Å². The molecule has 0 aromatic heterocycles. The fraction of sp³-hybridized carbons (Fsp3) is 0.115. The molecule has 0 spiro atoms. The highest BCUT2D eigenvalue weighted by molar-refractivity contribution is 6.52. The van der Waals surface area contributed by atoms with Gasteiger partial charge in [-0.25, -0.2) is 0 Å². The third kappa shape index (κ3) is 4.18. The molecule has 3 aromatic carbocycles. The number of carbonyl (C=O) groups excluding carboxylic acids is 2. The average Bonchev–Trinajstić information content (AvgIpc) is 3.13. The van der Waals surface area contributed by atoms with Crippen LogP contribution in [0.3, 0.4) is 0 Å². The van der Waals surface area contributed by atoms with Gasteiger partial charge in [-0.05, 0) is 42.5 Å². The highest BCUT2D eigenvalue weighted by Crippen LogP contribution is 2.46. The zero-order chi connectivity index (χ0) is 25.3. The normalized spacial score (nSPS) is 16.8. The molecule has 1 N–H and O–H groups in total. The molecule has 176 valence electrons. The SMILES string of the molecule is COc1ccccc1C1/C(=C(\O)c2cc(Cl)c(OC)c(Cl)c2)C(=O)C(=O)N1c1ccc(C#N)cc1. The largest absolute Gasteiger partial charge is 0.507 e. The van der Waals surface area contributed by atoms with Crippen LogP contribution in [0.25, 0.3) is 5.76 Å². The van der Waals surface area contributed by atoms with Crippen LogP contribution in [0, 0.1) is 11.3 Å². The lowest BCUT2D eigenvalue weighted by atomic mass is 9.94. The molecule has 7 nitrogen and oxygen atoms in total. The summed E-state index contributed by atoms with van der Waals surface area (Å²) in [5.74, 6) is -1.58. The highest BCUT2D eigenvalue weighted by Gasteiger charge is 2.48. The summed E-state index contributed by atoms with van der Waals surface area (Å²) in [6.07, 6.45) is 0. The summed E-state index contributed by atoms with van der Waals surface area (Å²) in [5.41, 5.74) is 1.21. The molecule has 1 amide bonds. The molecule has 9 heteroatoms. The van der Waals surface area contributed by atoms with Crippen LogP contribution in [0.15, 0.2) is 66.2 Å². The predicted molar refractivity (Wildman–Crippen MR) is 132 cm³/mol. The van der Waals surface area contributed by atoms with Gasteiger partial charge in [0.25, 0.3) is 11.7 Å². The number of Topliss-reactive ketones (excluding diaryl/α,β-unsaturated/α-hetero) is 1. The molecule has 1 atom stereocenters. The number of nitriles is 1. The molecule has 3 aromatic rings. The Bertz CT molecular complexity index is 1390. The van der Waals surface area contributed by atoms with E-state index in [9.17, 15) is 14.7 Å². The van der Waals surface area contributed by atoms with Crippen molar-refractivity contribution in [2.24, 2.45) is 0 Å². The van der Waals surface area contributed by atoms with Gasteiger partial charge in [-0.2, -0.15) is 5.26 Å². The molecule has 1 aliphatic heterocycles. The molecule has 0 aliphatic carbocycles. The first-order chi connectivity index (χ1) is 16.8. The lowest BCUT2D eigenvalue weighted by Gasteiger charge is -2.26. The molecule has 1 saturated heterocycles. The number of ether oxygens (including phenoxy) is 2. The standard InChI is InChI=1S/C26H18Cl2N2O5/c1-34-20-6-4-3-5-17(20)22-21(23(31)15-11-18(27)25(35-2)19(28)12-15)24(32)26(33)30(22)16-9-7-14(13-29)8-10-16/h3-12,22,31H,1-2H3/b23-21+. The van der Waals surface area contributed by atoms with Gasteiger partial charge >= 0.3 is 0 Å². The number of amides is 1. The number of hydrogen-bond donors (Lipinski definition) is 1. The number of aliphatic hydroxyl groups is 1. The third-order valence-corrected chi connectivity index (χ3v) is 6.19. The summed E-state index contributed by atoms with van der Waals surface area (Å²) in [7, 11) is 2.87. The Hall–Kier alpha value is -3.99. The summed E-state index contributed by atoms with van der Waals surface area (Å²) in [6.45, 7) is 0.